The van der Waals surface area contributed by atoms with Gasteiger partial charge in [-0.05, 0) is 24.1 Å². The molecular formula is C18H24N4O2. The van der Waals surface area contributed by atoms with Gasteiger partial charge in [-0.25, -0.2) is 0 Å². The maximum Gasteiger partial charge on any atom is 0.255 e. The van der Waals surface area contributed by atoms with E-state index in [-0.39, 0.29) is 5.91 Å². The maximum absolute atomic E-state index is 12.4. The number of hydrogen-bond donors (Lipinski definition) is 1. The standard InChI is InChI=1S/C18H24N4O2/c1-3-17-16(13-20-21(17)2)18(23)19-12-14-5-4-6-15(11-14)22-7-9-24-10-8-22/h4-6,11,13H,3,7-10,12H2,1-2H3,(H,19,23). The smallest absolute Gasteiger partial charge is 0.255 e. The van der Waals surface area contributed by atoms with E-state index in [1.165, 1.54) is 5.69 Å². The molecule has 1 amide bonds. The second kappa shape index (κ2) is 7.49. The number of benzene rings is 1. The molecule has 1 aliphatic rings. The average Bonchev–Trinajstić information content (AvgIpc) is 3.01. The highest BCUT2D eigenvalue weighted by atomic mass is 16.5. The largest absolute Gasteiger partial charge is 0.378 e. The third kappa shape index (κ3) is 3.59. The van der Waals surface area contributed by atoms with Crippen LogP contribution in [0.2, 0.25) is 0 Å². The minimum atomic E-state index is -0.0725. The first kappa shape index (κ1) is 16.5. The summed E-state index contributed by atoms with van der Waals surface area (Å²) in [5.41, 5.74) is 3.88. The van der Waals surface area contributed by atoms with Gasteiger partial charge in [0.1, 0.15) is 0 Å². The molecule has 0 saturated carbocycles. The molecule has 1 aliphatic heterocycles. The number of anilines is 1. The molecule has 6 nitrogen and oxygen atoms in total. The minimum Gasteiger partial charge on any atom is -0.378 e. The SMILES string of the molecule is CCc1c(C(=O)NCc2cccc(N3CCOCC3)c2)cnn1C. The highest BCUT2D eigenvalue weighted by Crippen LogP contribution is 2.17. The van der Waals surface area contributed by atoms with Crippen molar-refractivity contribution < 1.29 is 9.53 Å². The first-order valence-electron chi connectivity index (χ1n) is 8.39. The Kier molecular flexibility index (Phi) is 5.15. The summed E-state index contributed by atoms with van der Waals surface area (Å²) >= 11 is 0. The molecule has 0 spiro atoms. The van der Waals surface area contributed by atoms with Crippen molar-refractivity contribution in [2.45, 2.75) is 19.9 Å². The number of nitrogens with one attached hydrogen (secondary N) is 1. The molecule has 1 aromatic heterocycles. The first-order chi connectivity index (χ1) is 11.7. The molecule has 1 aromatic carbocycles. The number of aryl methyl sites for hydroxylation is 1. The van der Waals surface area contributed by atoms with E-state index in [1.54, 1.807) is 10.9 Å². The van der Waals surface area contributed by atoms with Crippen molar-refractivity contribution in [2.24, 2.45) is 7.05 Å². The van der Waals surface area contributed by atoms with E-state index in [2.05, 4.69) is 27.4 Å². The summed E-state index contributed by atoms with van der Waals surface area (Å²) in [5, 5.41) is 7.17. The molecule has 1 saturated heterocycles. The summed E-state index contributed by atoms with van der Waals surface area (Å²) in [6.45, 7) is 5.88. The zero-order valence-corrected chi connectivity index (χ0v) is 14.3. The van der Waals surface area contributed by atoms with Gasteiger partial charge in [-0.2, -0.15) is 5.10 Å². The molecule has 6 heteroatoms. The summed E-state index contributed by atoms with van der Waals surface area (Å²) in [7, 11) is 1.86. The monoisotopic (exact) mass is 328 g/mol. The molecule has 0 aliphatic carbocycles. The highest BCUT2D eigenvalue weighted by molar-refractivity contribution is 5.95. The number of morpholine rings is 1. The van der Waals surface area contributed by atoms with Crippen LogP contribution in [0.5, 0.6) is 0 Å². The predicted molar refractivity (Wildman–Crippen MR) is 93.2 cm³/mol. The summed E-state index contributed by atoms with van der Waals surface area (Å²) < 4.78 is 7.15. The van der Waals surface area contributed by atoms with Crippen LogP contribution in [0.3, 0.4) is 0 Å². The van der Waals surface area contributed by atoms with Gasteiger partial charge in [-0.1, -0.05) is 19.1 Å². The van der Waals surface area contributed by atoms with E-state index < -0.39 is 0 Å². The summed E-state index contributed by atoms with van der Waals surface area (Å²) in [4.78, 5) is 14.7. The molecule has 1 N–H and O–H groups in total. The Morgan fingerprint density at radius 3 is 2.88 bits per heavy atom. The topological polar surface area (TPSA) is 59.4 Å². The van der Waals surface area contributed by atoms with E-state index in [9.17, 15) is 4.79 Å². The van der Waals surface area contributed by atoms with Crippen LogP contribution in [0, 0.1) is 0 Å². The lowest BCUT2D eigenvalue weighted by Crippen LogP contribution is -2.36. The van der Waals surface area contributed by atoms with Gasteiger partial charge in [-0.15, -0.1) is 0 Å². The van der Waals surface area contributed by atoms with Crippen LogP contribution in [0.4, 0.5) is 5.69 Å². The van der Waals surface area contributed by atoms with Gasteiger partial charge in [0.25, 0.3) is 5.91 Å². The molecule has 0 unspecified atom stereocenters. The van der Waals surface area contributed by atoms with Crippen LogP contribution in [0.1, 0.15) is 28.5 Å². The predicted octanol–water partition coefficient (Wildman–Crippen LogP) is 1.75. The lowest BCUT2D eigenvalue weighted by atomic mass is 10.1. The van der Waals surface area contributed by atoms with Crippen molar-refractivity contribution >= 4 is 11.6 Å². The van der Waals surface area contributed by atoms with Crippen LogP contribution in [-0.4, -0.2) is 42.0 Å². The van der Waals surface area contributed by atoms with Crippen LogP contribution in [-0.2, 0) is 24.8 Å². The number of rotatable bonds is 5. The number of nitrogens with zero attached hydrogens (tertiary/aromatic N) is 3. The van der Waals surface area contributed by atoms with E-state index in [1.807, 2.05) is 26.1 Å². The lowest BCUT2D eigenvalue weighted by Gasteiger charge is -2.29. The second-order valence-corrected chi connectivity index (χ2v) is 5.93. The molecule has 0 bridgehead atoms. The highest BCUT2D eigenvalue weighted by Gasteiger charge is 2.15. The Hall–Kier alpha value is -2.34. The van der Waals surface area contributed by atoms with Crippen molar-refractivity contribution in [1.82, 2.24) is 15.1 Å². The molecular weight excluding hydrogens is 304 g/mol. The molecule has 0 atom stereocenters. The summed E-state index contributed by atoms with van der Waals surface area (Å²) in [6, 6.07) is 8.31. The second-order valence-electron chi connectivity index (χ2n) is 5.93. The third-order valence-corrected chi connectivity index (χ3v) is 4.38. The Labute approximate surface area is 142 Å². The van der Waals surface area contributed by atoms with Crippen molar-refractivity contribution in [3.63, 3.8) is 0 Å². The Morgan fingerprint density at radius 2 is 2.12 bits per heavy atom. The van der Waals surface area contributed by atoms with Gasteiger partial charge in [0.2, 0.25) is 0 Å². The van der Waals surface area contributed by atoms with Gasteiger partial charge >= 0.3 is 0 Å². The zero-order chi connectivity index (χ0) is 16.9. The van der Waals surface area contributed by atoms with E-state index in [4.69, 9.17) is 4.74 Å². The Bertz CT molecular complexity index is 705. The minimum absolute atomic E-state index is 0.0725. The fourth-order valence-electron chi connectivity index (χ4n) is 3.03. The Balaban J connectivity index is 1.65. The van der Waals surface area contributed by atoms with Crippen LogP contribution in [0.25, 0.3) is 0 Å². The average molecular weight is 328 g/mol. The van der Waals surface area contributed by atoms with Crippen LogP contribution >= 0.6 is 0 Å². The molecule has 2 aromatic rings. The molecule has 0 radical (unpaired) electrons. The van der Waals surface area contributed by atoms with Gasteiger partial charge < -0.3 is 15.0 Å². The summed E-state index contributed by atoms with van der Waals surface area (Å²) in [5.74, 6) is -0.0725. The van der Waals surface area contributed by atoms with Crippen molar-refractivity contribution in [3.05, 3.63) is 47.3 Å². The number of ether oxygens (including phenoxy) is 1. The van der Waals surface area contributed by atoms with Crippen LogP contribution < -0.4 is 10.2 Å². The lowest BCUT2D eigenvalue weighted by molar-refractivity contribution is 0.0950. The Morgan fingerprint density at radius 1 is 1.33 bits per heavy atom. The fourth-order valence-corrected chi connectivity index (χ4v) is 3.03. The third-order valence-electron chi connectivity index (χ3n) is 4.38. The number of aromatic nitrogens is 2. The zero-order valence-electron chi connectivity index (χ0n) is 14.3. The van der Waals surface area contributed by atoms with Gasteiger partial charge in [0.15, 0.2) is 0 Å². The van der Waals surface area contributed by atoms with Crippen molar-refractivity contribution in [1.29, 1.82) is 0 Å². The fraction of sp³-hybridized carbons (Fsp3) is 0.444. The number of amides is 1. The van der Waals surface area contributed by atoms with E-state index in [0.29, 0.717) is 12.1 Å². The van der Waals surface area contributed by atoms with Crippen LogP contribution in [0.15, 0.2) is 30.5 Å². The molecule has 2 heterocycles. The quantitative estimate of drug-likeness (QED) is 0.908. The number of carbonyl (C=O) groups excluding carboxylic acids is 1. The number of hydrogen-bond acceptors (Lipinski definition) is 4. The molecule has 128 valence electrons. The number of carbonyl (C=O) groups is 1. The first-order valence-corrected chi connectivity index (χ1v) is 8.39. The van der Waals surface area contributed by atoms with E-state index >= 15 is 0 Å². The van der Waals surface area contributed by atoms with E-state index in [0.717, 1.165) is 44.0 Å². The van der Waals surface area contributed by atoms with Gasteiger partial charge in [0.05, 0.1) is 30.7 Å². The summed E-state index contributed by atoms with van der Waals surface area (Å²) in [6.07, 6.45) is 2.42. The molecule has 24 heavy (non-hydrogen) atoms. The van der Waals surface area contributed by atoms with Gasteiger partial charge in [-0.3, -0.25) is 9.48 Å². The normalized spacial score (nSPS) is 14.7. The molecule has 1 fully saturated rings. The van der Waals surface area contributed by atoms with Gasteiger partial charge in [0, 0.05) is 32.4 Å². The van der Waals surface area contributed by atoms with Crippen molar-refractivity contribution in [3.8, 4) is 0 Å². The maximum atomic E-state index is 12.4. The molecule has 3 rings (SSSR count). The van der Waals surface area contributed by atoms with Crippen molar-refractivity contribution in [2.75, 3.05) is 31.2 Å².